The van der Waals surface area contributed by atoms with E-state index in [-0.39, 0.29) is 12.1 Å². The SMILES string of the molecule is CCOc1cc(C)c(C(=O)OC(C)C)cc1C(C)C. The molecule has 1 rings (SSSR count). The van der Waals surface area contributed by atoms with Gasteiger partial charge in [-0.1, -0.05) is 13.8 Å². The molecule has 1 aromatic rings. The van der Waals surface area contributed by atoms with Gasteiger partial charge in [0.05, 0.1) is 18.3 Å². The van der Waals surface area contributed by atoms with E-state index in [1.54, 1.807) is 0 Å². The number of hydrogen-bond acceptors (Lipinski definition) is 3. The summed E-state index contributed by atoms with van der Waals surface area (Å²) in [5.41, 5.74) is 2.56. The molecule has 0 aliphatic carbocycles. The first-order valence-corrected chi connectivity index (χ1v) is 6.85. The van der Waals surface area contributed by atoms with E-state index in [1.807, 2.05) is 39.8 Å². The van der Waals surface area contributed by atoms with Crippen LogP contribution in [0.2, 0.25) is 0 Å². The highest BCUT2D eigenvalue weighted by molar-refractivity contribution is 5.91. The lowest BCUT2D eigenvalue weighted by molar-refractivity contribution is 0.0377. The first kappa shape index (κ1) is 15.5. The summed E-state index contributed by atoms with van der Waals surface area (Å²) < 4.78 is 10.9. The van der Waals surface area contributed by atoms with Crippen LogP contribution in [0.3, 0.4) is 0 Å². The van der Waals surface area contributed by atoms with Gasteiger partial charge in [-0.25, -0.2) is 4.79 Å². The maximum Gasteiger partial charge on any atom is 0.338 e. The maximum atomic E-state index is 12.1. The summed E-state index contributed by atoms with van der Waals surface area (Å²) >= 11 is 0. The Morgan fingerprint density at radius 1 is 1.21 bits per heavy atom. The van der Waals surface area contributed by atoms with Gasteiger partial charge in [0.1, 0.15) is 5.75 Å². The molecule has 0 radical (unpaired) electrons. The highest BCUT2D eigenvalue weighted by Gasteiger charge is 2.17. The van der Waals surface area contributed by atoms with Crippen molar-refractivity contribution in [2.24, 2.45) is 0 Å². The predicted molar refractivity (Wildman–Crippen MR) is 77.0 cm³/mol. The molecule has 0 spiro atoms. The topological polar surface area (TPSA) is 35.5 Å². The largest absolute Gasteiger partial charge is 0.494 e. The fourth-order valence-electron chi connectivity index (χ4n) is 1.93. The van der Waals surface area contributed by atoms with Crippen LogP contribution in [0.1, 0.15) is 62.0 Å². The van der Waals surface area contributed by atoms with Crippen LogP contribution < -0.4 is 4.74 Å². The Kier molecular flexibility index (Phi) is 5.40. The zero-order valence-corrected chi connectivity index (χ0v) is 12.7. The van der Waals surface area contributed by atoms with E-state index in [0.29, 0.717) is 18.1 Å². The van der Waals surface area contributed by atoms with Gasteiger partial charge in [0, 0.05) is 0 Å². The molecule has 0 saturated carbocycles. The van der Waals surface area contributed by atoms with Gasteiger partial charge < -0.3 is 9.47 Å². The zero-order valence-electron chi connectivity index (χ0n) is 12.7. The standard InChI is InChI=1S/C16H24O3/c1-7-18-15-8-12(6)14(9-13(15)10(2)3)16(17)19-11(4)5/h8-11H,7H2,1-6H3. The Bertz CT molecular complexity index is 448. The molecular weight excluding hydrogens is 240 g/mol. The number of rotatable bonds is 5. The van der Waals surface area contributed by atoms with Gasteiger partial charge in [0.15, 0.2) is 0 Å². The molecule has 1 aromatic carbocycles. The summed E-state index contributed by atoms with van der Waals surface area (Å²) in [6.07, 6.45) is -0.110. The smallest absolute Gasteiger partial charge is 0.338 e. The molecule has 0 amide bonds. The number of hydrogen-bond donors (Lipinski definition) is 0. The molecule has 3 nitrogen and oxygen atoms in total. The molecule has 0 bridgehead atoms. The molecule has 0 unspecified atom stereocenters. The number of ether oxygens (including phenoxy) is 2. The third-order valence-electron chi connectivity index (χ3n) is 2.84. The Morgan fingerprint density at radius 2 is 1.84 bits per heavy atom. The van der Waals surface area contributed by atoms with Crippen LogP contribution >= 0.6 is 0 Å². The van der Waals surface area contributed by atoms with Gasteiger partial charge in [-0.15, -0.1) is 0 Å². The molecule has 106 valence electrons. The van der Waals surface area contributed by atoms with Gasteiger partial charge in [-0.2, -0.15) is 0 Å². The molecule has 0 saturated heterocycles. The second-order valence-electron chi connectivity index (χ2n) is 5.25. The molecule has 0 fully saturated rings. The molecule has 0 atom stereocenters. The minimum Gasteiger partial charge on any atom is -0.494 e. The van der Waals surface area contributed by atoms with Gasteiger partial charge in [0.2, 0.25) is 0 Å². The van der Waals surface area contributed by atoms with Crippen molar-refractivity contribution in [2.75, 3.05) is 6.61 Å². The monoisotopic (exact) mass is 264 g/mol. The molecule has 0 heterocycles. The van der Waals surface area contributed by atoms with Crippen molar-refractivity contribution in [3.05, 3.63) is 28.8 Å². The van der Waals surface area contributed by atoms with E-state index in [9.17, 15) is 4.79 Å². The lowest BCUT2D eigenvalue weighted by atomic mass is 9.96. The van der Waals surface area contributed by atoms with Crippen molar-refractivity contribution in [2.45, 2.75) is 53.6 Å². The number of aryl methyl sites for hydroxylation is 1. The van der Waals surface area contributed by atoms with Crippen LogP contribution in [-0.2, 0) is 4.74 Å². The Morgan fingerprint density at radius 3 is 2.32 bits per heavy atom. The van der Waals surface area contributed by atoms with Gasteiger partial charge in [0.25, 0.3) is 0 Å². The molecule has 3 heteroatoms. The number of benzene rings is 1. The van der Waals surface area contributed by atoms with Crippen molar-refractivity contribution in [1.29, 1.82) is 0 Å². The summed E-state index contributed by atoms with van der Waals surface area (Å²) in [6, 6.07) is 3.82. The molecule has 0 aliphatic heterocycles. The Labute approximate surface area is 115 Å². The van der Waals surface area contributed by atoms with E-state index in [1.165, 1.54) is 0 Å². The number of esters is 1. The summed E-state index contributed by atoms with van der Waals surface area (Å²) in [7, 11) is 0. The molecular formula is C16H24O3. The first-order valence-electron chi connectivity index (χ1n) is 6.85. The maximum absolute atomic E-state index is 12.1. The zero-order chi connectivity index (χ0) is 14.6. The first-order chi connectivity index (χ1) is 8.86. The minimum atomic E-state index is -0.266. The number of carbonyl (C=O) groups is 1. The molecule has 0 N–H and O–H groups in total. The van der Waals surface area contributed by atoms with Crippen LogP contribution in [0, 0.1) is 6.92 Å². The average molecular weight is 264 g/mol. The van der Waals surface area contributed by atoms with Crippen LogP contribution in [-0.4, -0.2) is 18.7 Å². The second-order valence-corrected chi connectivity index (χ2v) is 5.25. The lowest BCUT2D eigenvalue weighted by Gasteiger charge is -2.17. The molecule has 0 aliphatic rings. The van der Waals surface area contributed by atoms with E-state index in [2.05, 4.69) is 13.8 Å². The van der Waals surface area contributed by atoms with Crippen LogP contribution in [0.15, 0.2) is 12.1 Å². The molecule has 19 heavy (non-hydrogen) atoms. The van der Waals surface area contributed by atoms with E-state index >= 15 is 0 Å². The van der Waals surface area contributed by atoms with Gasteiger partial charge in [-0.3, -0.25) is 0 Å². The normalized spacial score (nSPS) is 10.9. The third-order valence-corrected chi connectivity index (χ3v) is 2.84. The highest BCUT2D eigenvalue weighted by atomic mass is 16.5. The highest BCUT2D eigenvalue weighted by Crippen LogP contribution is 2.30. The summed E-state index contributed by atoms with van der Waals surface area (Å²) in [5.74, 6) is 0.890. The van der Waals surface area contributed by atoms with E-state index < -0.39 is 0 Å². The van der Waals surface area contributed by atoms with E-state index in [0.717, 1.165) is 16.9 Å². The summed E-state index contributed by atoms with van der Waals surface area (Å²) in [5, 5.41) is 0. The Hall–Kier alpha value is -1.51. The summed E-state index contributed by atoms with van der Waals surface area (Å²) in [6.45, 7) is 12.4. The van der Waals surface area contributed by atoms with Gasteiger partial charge in [-0.05, 0) is 56.9 Å². The predicted octanol–water partition coefficient (Wildman–Crippen LogP) is 4.08. The van der Waals surface area contributed by atoms with Crippen LogP contribution in [0.25, 0.3) is 0 Å². The van der Waals surface area contributed by atoms with Crippen molar-refractivity contribution in [1.82, 2.24) is 0 Å². The van der Waals surface area contributed by atoms with Gasteiger partial charge >= 0.3 is 5.97 Å². The molecule has 0 aromatic heterocycles. The minimum absolute atomic E-state index is 0.110. The number of carbonyl (C=O) groups excluding carboxylic acids is 1. The van der Waals surface area contributed by atoms with Crippen LogP contribution in [0.5, 0.6) is 5.75 Å². The van der Waals surface area contributed by atoms with Crippen molar-refractivity contribution < 1.29 is 14.3 Å². The fourth-order valence-corrected chi connectivity index (χ4v) is 1.93. The average Bonchev–Trinajstić information content (AvgIpc) is 2.27. The Balaban J connectivity index is 3.20. The second kappa shape index (κ2) is 6.60. The van der Waals surface area contributed by atoms with Crippen LogP contribution in [0.4, 0.5) is 0 Å². The quantitative estimate of drug-likeness (QED) is 0.752. The summed E-state index contributed by atoms with van der Waals surface area (Å²) in [4.78, 5) is 12.1. The lowest BCUT2D eigenvalue weighted by Crippen LogP contribution is -2.14. The third kappa shape index (κ3) is 3.98. The van der Waals surface area contributed by atoms with Crippen molar-refractivity contribution in [3.8, 4) is 5.75 Å². The van der Waals surface area contributed by atoms with Crippen molar-refractivity contribution >= 4 is 5.97 Å². The van der Waals surface area contributed by atoms with E-state index in [4.69, 9.17) is 9.47 Å². The van der Waals surface area contributed by atoms with Crippen molar-refractivity contribution in [3.63, 3.8) is 0 Å². The fraction of sp³-hybridized carbons (Fsp3) is 0.562.